The predicted octanol–water partition coefficient (Wildman–Crippen LogP) is 5.67. The van der Waals surface area contributed by atoms with Crippen LogP contribution in [0.3, 0.4) is 0 Å². The molecule has 0 bridgehead atoms. The summed E-state index contributed by atoms with van der Waals surface area (Å²) in [5.41, 5.74) is 10.3. The van der Waals surface area contributed by atoms with Gasteiger partial charge in [0.05, 0.1) is 23.8 Å². The van der Waals surface area contributed by atoms with E-state index >= 15 is 0 Å². The third kappa shape index (κ3) is 6.11. The standard InChI is InChI=1S/C31H37FN4O3S/c1-36(40(2,38)39)25-14-8-21(9-15-25)18-29(37)35-24-19-27(26-6-3-4-7-28(26)32)30(34-20-24)22-10-12-23(13-11-22)31(33)16-5-17-31/h3-4,6-7,10-13,19-21,25H,5,8-9,14-18,33H2,1-2H3,(H,35,37). The Morgan fingerprint density at radius 1 is 1.07 bits per heavy atom. The quantitative estimate of drug-likeness (QED) is 0.367. The number of amides is 1. The second-order valence-corrected chi connectivity index (χ2v) is 13.4. The molecule has 0 radical (unpaired) electrons. The van der Waals surface area contributed by atoms with Crippen LogP contribution in [0.4, 0.5) is 10.1 Å². The summed E-state index contributed by atoms with van der Waals surface area (Å²) < 4.78 is 40.1. The number of anilines is 1. The van der Waals surface area contributed by atoms with Gasteiger partial charge in [-0.2, -0.15) is 0 Å². The Bertz CT molecular complexity index is 1480. The van der Waals surface area contributed by atoms with Crippen molar-refractivity contribution in [2.24, 2.45) is 11.7 Å². The van der Waals surface area contributed by atoms with Crippen LogP contribution in [0.2, 0.25) is 0 Å². The van der Waals surface area contributed by atoms with Crippen molar-refractivity contribution in [3.05, 3.63) is 72.2 Å². The van der Waals surface area contributed by atoms with Gasteiger partial charge in [-0.25, -0.2) is 17.1 Å². The molecule has 5 rings (SSSR count). The van der Waals surface area contributed by atoms with Crippen molar-refractivity contribution in [3.63, 3.8) is 0 Å². The van der Waals surface area contributed by atoms with Crippen LogP contribution in [0.25, 0.3) is 22.4 Å². The van der Waals surface area contributed by atoms with E-state index in [1.54, 1.807) is 37.5 Å². The van der Waals surface area contributed by atoms with Crippen LogP contribution in [0, 0.1) is 11.7 Å². The lowest BCUT2D eigenvalue weighted by molar-refractivity contribution is -0.117. The number of carbonyl (C=O) groups is 1. The molecule has 0 unspecified atom stereocenters. The Balaban J connectivity index is 1.32. The fourth-order valence-electron chi connectivity index (χ4n) is 5.91. The molecule has 1 heterocycles. The first kappa shape index (κ1) is 28.4. The lowest BCUT2D eigenvalue weighted by Gasteiger charge is -2.38. The first-order valence-electron chi connectivity index (χ1n) is 13.9. The first-order valence-corrected chi connectivity index (χ1v) is 15.8. The molecule has 2 saturated carbocycles. The number of nitrogens with one attached hydrogen (secondary N) is 1. The fourth-order valence-corrected chi connectivity index (χ4v) is 6.66. The van der Waals surface area contributed by atoms with Crippen molar-refractivity contribution < 1.29 is 17.6 Å². The number of carbonyl (C=O) groups excluding carboxylic acids is 1. The predicted molar refractivity (Wildman–Crippen MR) is 156 cm³/mol. The molecule has 1 amide bonds. The van der Waals surface area contributed by atoms with Crippen molar-refractivity contribution in [2.45, 2.75) is 62.9 Å². The van der Waals surface area contributed by atoms with Gasteiger partial charge in [-0.05, 0) is 68.6 Å². The van der Waals surface area contributed by atoms with Gasteiger partial charge in [0.1, 0.15) is 5.82 Å². The Labute approximate surface area is 236 Å². The van der Waals surface area contributed by atoms with E-state index in [0.29, 0.717) is 28.9 Å². The molecular weight excluding hydrogens is 527 g/mol. The normalized spacial score (nSPS) is 20.6. The Kier molecular flexibility index (Phi) is 8.08. The summed E-state index contributed by atoms with van der Waals surface area (Å²) in [5, 5.41) is 2.95. The highest BCUT2D eigenvalue weighted by Crippen LogP contribution is 2.40. The number of nitrogens with zero attached hydrogens (tertiary/aromatic N) is 2. The van der Waals surface area contributed by atoms with E-state index < -0.39 is 10.0 Å². The van der Waals surface area contributed by atoms with Crippen LogP contribution < -0.4 is 11.1 Å². The third-order valence-corrected chi connectivity index (χ3v) is 9.99. The largest absolute Gasteiger partial charge is 0.325 e. The highest BCUT2D eigenvalue weighted by atomic mass is 32.2. The SMILES string of the molecule is CN(C1CCC(CC(=O)Nc2cnc(-c3ccc(C4(N)CCC4)cc3)c(-c3ccccc3F)c2)CC1)S(C)(=O)=O. The number of benzene rings is 2. The van der Waals surface area contributed by atoms with Crippen LogP contribution >= 0.6 is 0 Å². The highest BCUT2D eigenvalue weighted by molar-refractivity contribution is 7.88. The highest BCUT2D eigenvalue weighted by Gasteiger charge is 2.34. The number of halogens is 1. The van der Waals surface area contributed by atoms with E-state index in [4.69, 9.17) is 5.73 Å². The van der Waals surface area contributed by atoms with Gasteiger partial charge in [-0.1, -0.05) is 42.5 Å². The monoisotopic (exact) mass is 564 g/mol. The Morgan fingerprint density at radius 2 is 1.75 bits per heavy atom. The van der Waals surface area contributed by atoms with Crippen LogP contribution in [0.15, 0.2) is 60.8 Å². The van der Waals surface area contributed by atoms with Gasteiger partial charge in [0.2, 0.25) is 15.9 Å². The molecular formula is C31H37FN4O3S. The summed E-state index contributed by atoms with van der Waals surface area (Å²) in [6, 6.07) is 16.3. The van der Waals surface area contributed by atoms with Crippen molar-refractivity contribution >= 4 is 21.6 Å². The molecule has 40 heavy (non-hydrogen) atoms. The molecule has 1 aromatic heterocycles. The molecule has 0 atom stereocenters. The molecule has 9 heteroatoms. The van der Waals surface area contributed by atoms with Crippen LogP contribution in [0.1, 0.15) is 56.9 Å². The minimum atomic E-state index is -3.23. The van der Waals surface area contributed by atoms with Crippen LogP contribution in [-0.4, -0.2) is 43.0 Å². The van der Waals surface area contributed by atoms with E-state index in [1.165, 1.54) is 16.6 Å². The number of sulfonamides is 1. The zero-order valence-corrected chi connectivity index (χ0v) is 23.9. The molecule has 0 spiro atoms. The topological polar surface area (TPSA) is 105 Å². The lowest BCUT2D eigenvalue weighted by Crippen LogP contribution is -2.43. The smallest absolute Gasteiger partial charge is 0.224 e. The van der Waals surface area contributed by atoms with E-state index in [2.05, 4.69) is 10.3 Å². The zero-order chi connectivity index (χ0) is 28.5. The average Bonchev–Trinajstić information content (AvgIpc) is 2.91. The molecule has 3 N–H and O–H groups in total. The minimum absolute atomic E-state index is 0.0208. The maximum absolute atomic E-state index is 14.9. The second kappa shape index (κ2) is 11.4. The summed E-state index contributed by atoms with van der Waals surface area (Å²) in [6.45, 7) is 0. The minimum Gasteiger partial charge on any atom is -0.325 e. The third-order valence-electron chi connectivity index (χ3n) is 8.64. The molecule has 212 valence electrons. The van der Waals surface area contributed by atoms with Gasteiger partial charge in [-0.15, -0.1) is 0 Å². The molecule has 0 aliphatic heterocycles. The Morgan fingerprint density at radius 3 is 2.35 bits per heavy atom. The van der Waals surface area contributed by atoms with Crippen LogP contribution in [-0.2, 0) is 20.4 Å². The molecule has 2 aromatic carbocycles. The molecule has 2 aliphatic rings. The summed E-state index contributed by atoms with van der Waals surface area (Å²) in [7, 11) is -1.61. The number of pyridine rings is 1. The maximum Gasteiger partial charge on any atom is 0.224 e. The van der Waals surface area contributed by atoms with Gasteiger partial charge >= 0.3 is 0 Å². The fraction of sp³-hybridized carbons (Fsp3) is 0.419. The molecule has 7 nitrogen and oxygen atoms in total. The van der Waals surface area contributed by atoms with Gasteiger partial charge in [-0.3, -0.25) is 9.78 Å². The summed E-state index contributed by atoms with van der Waals surface area (Å²) in [6.07, 6.45) is 9.29. The number of hydrogen-bond donors (Lipinski definition) is 2. The van der Waals surface area contributed by atoms with Crippen molar-refractivity contribution in [3.8, 4) is 22.4 Å². The second-order valence-electron chi connectivity index (χ2n) is 11.4. The molecule has 0 saturated heterocycles. The number of rotatable bonds is 8. The molecule has 2 aliphatic carbocycles. The Hall–Kier alpha value is -3.14. The van der Waals surface area contributed by atoms with E-state index in [-0.39, 0.29) is 29.2 Å². The van der Waals surface area contributed by atoms with Crippen LogP contribution in [0.5, 0.6) is 0 Å². The lowest BCUT2D eigenvalue weighted by atomic mass is 9.72. The summed E-state index contributed by atoms with van der Waals surface area (Å²) >= 11 is 0. The van der Waals surface area contributed by atoms with E-state index in [0.717, 1.165) is 56.1 Å². The number of nitrogens with two attached hydrogens (primary N) is 1. The van der Waals surface area contributed by atoms with Crippen molar-refractivity contribution in [1.29, 1.82) is 0 Å². The van der Waals surface area contributed by atoms with Gasteiger partial charge in [0.25, 0.3) is 0 Å². The average molecular weight is 565 g/mol. The van der Waals surface area contributed by atoms with Crippen molar-refractivity contribution in [1.82, 2.24) is 9.29 Å². The number of hydrogen-bond acceptors (Lipinski definition) is 5. The summed E-state index contributed by atoms with van der Waals surface area (Å²) in [4.78, 5) is 17.6. The van der Waals surface area contributed by atoms with Crippen molar-refractivity contribution in [2.75, 3.05) is 18.6 Å². The van der Waals surface area contributed by atoms with E-state index in [9.17, 15) is 17.6 Å². The zero-order valence-electron chi connectivity index (χ0n) is 23.1. The molecule has 2 fully saturated rings. The molecule has 3 aromatic rings. The first-order chi connectivity index (χ1) is 19.0. The summed E-state index contributed by atoms with van der Waals surface area (Å²) in [5.74, 6) is -0.314. The van der Waals surface area contributed by atoms with Gasteiger partial charge in [0.15, 0.2) is 0 Å². The van der Waals surface area contributed by atoms with Gasteiger partial charge in [0, 0.05) is 41.7 Å². The van der Waals surface area contributed by atoms with Gasteiger partial charge < -0.3 is 11.1 Å². The van der Waals surface area contributed by atoms with E-state index in [1.807, 2.05) is 24.3 Å². The maximum atomic E-state index is 14.9. The number of aromatic nitrogens is 1.